The summed E-state index contributed by atoms with van der Waals surface area (Å²) in [5, 5.41) is 47.5. The lowest BCUT2D eigenvalue weighted by molar-refractivity contribution is -0.146. The normalized spacial score (nSPS) is 20.9. The summed E-state index contributed by atoms with van der Waals surface area (Å²) < 4.78 is 13.4. The highest BCUT2D eigenvalue weighted by molar-refractivity contribution is 7.13. The van der Waals surface area contributed by atoms with Crippen LogP contribution in [0.3, 0.4) is 0 Å². The summed E-state index contributed by atoms with van der Waals surface area (Å²) in [5.74, 6) is -0.508. The molecule has 0 bridgehead atoms. The molecule has 7 N–H and O–H groups in total. The first kappa shape index (κ1) is 55.4. The molecule has 2 aliphatic rings. The first-order chi connectivity index (χ1) is 34.9. The number of nitrogens with two attached hydrogens (primary N) is 1. The largest absolute Gasteiger partial charge is 0.492 e. The number of ketones is 2. The van der Waals surface area contributed by atoms with Crippen molar-refractivity contribution in [2.45, 2.75) is 160 Å². The number of amides is 2. The molecule has 5 aromatic rings. The maximum Gasteiger partial charge on any atom is 0.243 e. The Hall–Kier alpha value is -5.34. The lowest BCUT2D eigenvalue weighted by Gasteiger charge is -2.34. The number of nitrogen functional groups attached to an aromatic ring is 1. The van der Waals surface area contributed by atoms with Crippen LogP contribution in [0.5, 0.6) is 5.75 Å². The SMILES string of the molecule is Cc1ncsc1-c1ccc(CNC(=O)[C@@H]2C[C@@H](O)CN2C(=O)[C@@H](CC(=O)CCCCCCCCCC(=O)CCCOc2cc([C@@H](O)[C@H]3O[C@@H](n4ccc5c(N)ncnc54)[C@H](O)[C@@H]3O)ccc2Cl)C(C)(C)C)cc1. The molecule has 0 radical (unpaired) electrons. The van der Waals surface area contributed by atoms with Gasteiger partial charge in [-0.3, -0.25) is 19.2 Å². The van der Waals surface area contributed by atoms with Gasteiger partial charge in [0.05, 0.1) is 39.2 Å². The second-order valence-electron chi connectivity index (χ2n) is 20.5. The van der Waals surface area contributed by atoms with Crippen LogP contribution in [0.15, 0.2) is 66.6 Å². The van der Waals surface area contributed by atoms with Crippen LogP contribution in [0, 0.1) is 18.3 Å². The summed E-state index contributed by atoms with van der Waals surface area (Å²) >= 11 is 7.99. The van der Waals surface area contributed by atoms with Gasteiger partial charge >= 0.3 is 0 Å². The number of fused-ring (bicyclic) bond motifs is 1. The average molecular weight is 1040 g/mol. The van der Waals surface area contributed by atoms with Crippen molar-refractivity contribution in [1.82, 2.24) is 29.7 Å². The molecule has 0 saturated carbocycles. The van der Waals surface area contributed by atoms with Crippen LogP contribution in [-0.2, 0) is 30.5 Å². The Labute approximate surface area is 435 Å². The zero-order valence-corrected chi connectivity index (χ0v) is 43.7. The average Bonchev–Trinajstić information content (AvgIpc) is 4.16. The molecule has 7 rings (SSSR count). The predicted octanol–water partition coefficient (Wildman–Crippen LogP) is 7.59. The lowest BCUT2D eigenvalue weighted by Crippen LogP contribution is -2.50. The van der Waals surface area contributed by atoms with Gasteiger partial charge in [0.25, 0.3) is 0 Å². The Morgan fingerprint density at radius 2 is 1.59 bits per heavy atom. The molecule has 19 heteroatoms. The Morgan fingerprint density at radius 3 is 2.27 bits per heavy atom. The van der Waals surface area contributed by atoms with E-state index in [1.165, 1.54) is 15.8 Å². The zero-order valence-electron chi connectivity index (χ0n) is 42.1. The fourth-order valence-electron chi connectivity index (χ4n) is 9.74. The van der Waals surface area contributed by atoms with Crippen molar-refractivity contribution in [3.05, 3.63) is 88.4 Å². The number of unbranched alkanes of at least 4 members (excludes halogenated alkanes) is 6. The van der Waals surface area contributed by atoms with Crippen LogP contribution in [0.4, 0.5) is 5.82 Å². The Kier molecular flexibility index (Phi) is 19.2. The van der Waals surface area contributed by atoms with Gasteiger partial charge in [-0.25, -0.2) is 15.0 Å². The number of aromatic nitrogens is 4. The Balaban J connectivity index is 0.751. The van der Waals surface area contributed by atoms with E-state index in [4.69, 9.17) is 26.8 Å². The van der Waals surface area contributed by atoms with Crippen molar-refractivity contribution in [3.63, 3.8) is 0 Å². The molecule has 394 valence electrons. The summed E-state index contributed by atoms with van der Waals surface area (Å²) in [4.78, 5) is 68.6. The summed E-state index contributed by atoms with van der Waals surface area (Å²) in [6.45, 7) is 8.33. The topological polar surface area (TPSA) is 253 Å². The van der Waals surface area contributed by atoms with Crippen LogP contribution in [0.2, 0.25) is 5.02 Å². The molecular weight excluding hydrogens is 974 g/mol. The second-order valence-corrected chi connectivity index (χ2v) is 21.8. The molecule has 2 aliphatic heterocycles. The van der Waals surface area contributed by atoms with E-state index in [1.807, 2.05) is 57.5 Å². The van der Waals surface area contributed by atoms with Crippen LogP contribution in [-0.4, -0.2) is 112 Å². The molecule has 2 aromatic carbocycles. The molecule has 0 aliphatic carbocycles. The van der Waals surface area contributed by atoms with E-state index >= 15 is 0 Å². The summed E-state index contributed by atoms with van der Waals surface area (Å²) in [6.07, 6.45) is 3.88. The third kappa shape index (κ3) is 14.1. The van der Waals surface area contributed by atoms with Gasteiger partial charge in [-0.2, -0.15) is 0 Å². The number of anilines is 1. The van der Waals surface area contributed by atoms with Crippen LogP contribution < -0.4 is 15.8 Å². The molecule has 0 spiro atoms. The maximum atomic E-state index is 14.1. The number of aliphatic hydroxyl groups excluding tert-OH is 4. The molecular formula is C54H70ClN7O10S. The molecule has 0 unspecified atom stereocenters. The van der Waals surface area contributed by atoms with Crippen LogP contribution in [0.25, 0.3) is 21.5 Å². The van der Waals surface area contributed by atoms with Gasteiger partial charge in [-0.1, -0.05) is 94.8 Å². The number of hydrogen-bond donors (Lipinski definition) is 6. The number of β-amino-alcohol motifs (C(OH)–C–C–N with tert-alkyl or cyclic N) is 1. The first-order valence-corrected chi connectivity index (χ1v) is 26.6. The second kappa shape index (κ2) is 25.3. The lowest BCUT2D eigenvalue weighted by atomic mass is 9.76. The number of carbonyl (C=O) groups is 4. The quantitative estimate of drug-likeness (QED) is 0.0308. The number of thiazole rings is 1. The van der Waals surface area contributed by atoms with Crippen molar-refractivity contribution in [2.24, 2.45) is 11.3 Å². The minimum atomic E-state index is -1.43. The minimum absolute atomic E-state index is 0.0160. The van der Waals surface area contributed by atoms with Crippen molar-refractivity contribution < 1.29 is 49.1 Å². The van der Waals surface area contributed by atoms with E-state index in [1.54, 1.807) is 41.8 Å². The van der Waals surface area contributed by atoms with Crippen molar-refractivity contribution in [3.8, 4) is 16.2 Å². The van der Waals surface area contributed by atoms with Crippen LogP contribution in [0.1, 0.15) is 133 Å². The van der Waals surface area contributed by atoms with E-state index in [9.17, 15) is 39.6 Å². The van der Waals surface area contributed by atoms with Crippen molar-refractivity contribution in [2.75, 3.05) is 18.9 Å². The summed E-state index contributed by atoms with van der Waals surface area (Å²) in [5.41, 5.74) is 10.9. The highest BCUT2D eigenvalue weighted by Gasteiger charge is 2.48. The van der Waals surface area contributed by atoms with Gasteiger partial charge in [-0.15, -0.1) is 11.3 Å². The molecule has 2 saturated heterocycles. The number of nitrogens with zero attached hydrogens (tertiary/aromatic N) is 5. The van der Waals surface area contributed by atoms with Crippen molar-refractivity contribution >= 4 is 63.2 Å². The molecule has 8 atom stereocenters. The van der Waals surface area contributed by atoms with Gasteiger partial charge in [0.15, 0.2) is 6.23 Å². The molecule has 17 nitrogen and oxygen atoms in total. The third-order valence-electron chi connectivity index (χ3n) is 14.0. The number of carbonyl (C=O) groups excluding carboxylic acids is 4. The Morgan fingerprint density at radius 1 is 0.904 bits per heavy atom. The molecule has 3 aromatic heterocycles. The number of halogens is 1. The number of Topliss-reactive ketones (excluding diaryl/α,β-unsaturated/α-hetero) is 2. The number of aliphatic hydroxyl groups is 4. The number of ether oxygens (including phenoxy) is 2. The van der Waals surface area contributed by atoms with E-state index in [0.717, 1.165) is 66.6 Å². The highest BCUT2D eigenvalue weighted by Crippen LogP contribution is 2.40. The van der Waals surface area contributed by atoms with Crippen LogP contribution >= 0.6 is 22.9 Å². The van der Waals surface area contributed by atoms with E-state index in [2.05, 4.69) is 20.3 Å². The third-order valence-corrected chi connectivity index (χ3v) is 15.3. The summed E-state index contributed by atoms with van der Waals surface area (Å²) in [7, 11) is 0. The highest BCUT2D eigenvalue weighted by atomic mass is 35.5. The Bertz CT molecular complexity index is 2670. The number of benzene rings is 2. The number of nitrogens with one attached hydrogen (secondary N) is 1. The monoisotopic (exact) mass is 1040 g/mol. The van der Waals surface area contributed by atoms with Gasteiger partial charge in [0.2, 0.25) is 11.8 Å². The van der Waals surface area contributed by atoms with Crippen molar-refractivity contribution in [1.29, 1.82) is 0 Å². The van der Waals surface area contributed by atoms with Gasteiger partial charge < -0.3 is 50.4 Å². The van der Waals surface area contributed by atoms with E-state index < -0.39 is 54.1 Å². The fraction of sp³-hybridized carbons (Fsp3) is 0.537. The molecule has 5 heterocycles. The number of likely N-dealkylation sites (tertiary alicyclic amines) is 1. The van der Waals surface area contributed by atoms with Gasteiger partial charge in [-0.05, 0) is 66.5 Å². The minimum Gasteiger partial charge on any atom is -0.492 e. The standard InChI is InChI=1S/C54H70ClN7O10S/c1-32-48(73-31-60-32)34-18-16-33(17-19-34)28-57-51(69)42-27-38(65)29-62(42)52(70)40(54(2,3)4)26-37(64)14-11-9-7-5-6-8-10-13-36(63)15-12-24-71-43-25-35(20-21-41(43)55)44(66)47-45(67)46(68)53(72-47)61-23-22-39-49(56)58-30-59-50(39)61/h16-23,25,30-31,38,40,42,44-47,53,65-68H,5-15,24,26-29H2,1-4H3,(H,57,69)(H2,56,58,59)/t38-,40-,42+,44-,45+,46-,47-,53-/m1/s1. The summed E-state index contributed by atoms with van der Waals surface area (Å²) in [6, 6.07) is 13.5. The van der Waals surface area contributed by atoms with E-state index in [0.29, 0.717) is 53.1 Å². The molecule has 73 heavy (non-hydrogen) atoms. The maximum absolute atomic E-state index is 14.1. The van der Waals surface area contributed by atoms with E-state index in [-0.39, 0.29) is 61.7 Å². The predicted molar refractivity (Wildman–Crippen MR) is 278 cm³/mol. The smallest absolute Gasteiger partial charge is 0.243 e. The first-order valence-electron chi connectivity index (χ1n) is 25.4. The number of rotatable bonds is 25. The number of hydrogen-bond acceptors (Lipinski definition) is 15. The number of aryl methyl sites for hydroxylation is 1. The fourth-order valence-corrected chi connectivity index (χ4v) is 10.7. The van der Waals surface area contributed by atoms with Gasteiger partial charge in [0, 0.05) is 57.3 Å². The molecule has 2 fully saturated rings. The van der Waals surface area contributed by atoms with Gasteiger partial charge in [0.1, 0.15) is 65.6 Å². The molecule has 2 amide bonds. The zero-order chi connectivity index (χ0) is 52.4.